The fraction of sp³-hybridized carbons (Fsp3) is 0. The normalized spacial score (nSPS) is 11.5. The van der Waals surface area contributed by atoms with Gasteiger partial charge in [-0.1, -0.05) is 127 Å². The number of para-hydroxylation sites is 2. The van der Waals surface area contributed by atoms with Crippen molar-refractivity contribution >= 4 is 70.5 Å². The third-order valence-electron chi connectivity index (χ3n) is 10.5. The van der Waals surface area contributed by atoms with Crippen molar-refractivity contribution in [2.24, 2.45) is 0 Å². The average molecular weight is 749 g/mol. The summed E-state index contributed by atoms with van der Waals surface area (Å²) in [6.07, 6.45) is 0. The standard InChI is InChI=1S/C51H32N4OS/c1-4-14-34(15-5-1)49-52-50(35-16-6-2-7-17-35)54-51(53-49)36-30-42(48-41-21-10-12-22-44(41)56-45(48)31-36)33-24-26-38(27-25-33)55(37-18-8-3-9-19-37)39-28-29-47-43(32-39)40-20-11-13-23-46(40)57-47/h1-32H. The van der Waals surface area contributed by atoms with E-state index < -0.39 is 0 Å². The predicted molar refractivity (Wildman–Crippen MR) is 236 cm³/mol. The lowest BCUT2D eigenvalue weighted by molar-refractivity contribution is 0.669. The van der Waals surface area contributed by atoms with Gasteiger partial charge in [0.05, 0.1) is 0 Å². The lowest BCUT2D eigenvalue weighted by Crippen LogP contribution is -2.09. The molecule has 0 unspecified atom stereocenters. The van der Waals surface area contributed by atoms with Crippen LogP contribution in [0.4, 0.5) is 17.1 Å². The van der Waals surface area contributed by atoms with Gasteiger partial charge in [0.25, 0.3) is 0 Å². The number of anilines is 3. The number of benzene rings is 8. The van der Waals surface area contributed by atoms with Crippen molar-refractivity contribution in [1.82, 2.24) is 15.0 Å². The summed E-state index contributed by atoms with van der Waals surface area (Å²) in [4.78, 5) is 17.4. The summed E-state index contributed by atoms with van der Waals surface area (Å²) in [7, 11) is 0. The van der Waals surface area contributed by atoms with E-state index in [-0.39, 0.29) is 0 Å². The molecule has 0 atom stereocenters. The Hall–Kier alpha value is -7.41. The van der Waals surface area contributed by atoms with Gasteiger partial charge in [-0.3, -0.25) is 0 Å². The zero-order valence-electron chi connectivity index (χ0n) is 30.6. The van der Waals surface area contributed by atoms with Crippen LogP contribution >= 0.6 is 11.3 Å². The van der Waals surface area contributed by atoms with Crippen LogP contribution in [0.3, 0.4) is 0 Å². The third kappa shape index (κ3) is 5.91. The van der Waals surface area contributed by atoms with Gasteiger partial charge in [-0.15, -0.1) is 11.3 Å². The van der Waals surface area contributed by atoms with E-state index in [1.54, 1.807) is 0 Å². The summed E-state index contributed by atoms with van der Waals surface area (Å²) in [5.74, 6) is 1.81. The van der Waals surface area contributed by atoms with Crippen LogP contribution in [-0.2, 0) is 0 Å². The van der Waals surface area contributed by atoms with Gasteiger partial charge in [-0.25, -0.2) is 15.0 Å². The van der Waals surface area contributed by atoms with Crippen molar-refractivity contribution in [1.29, 1.82) is 0 Å². The van der Waals surface area contributed by atoms with Crippen LogP contribution in [0.5, 0.6) is 0 Å². The summed E-state index contributed by atoms with van der Waals surface area (Å²) in [6, 6.07) is 67.5. The maximum absolute atomic E-state index is 6.56. The van der Waals surface area contributed by atoms with Crippen LogP contribution in [0.25, 0.3) is 87.4 Å². The Balaban J connectivity index is 1.08. The Bertz CT molecular complexity index is 3170. The highest BCUT2D eigenvalue weighted by molar-refractivity contribution is 7.25. The van der Waals surface area contributed by atoms with Gasteiger partial charge < -0.3 is 9.32 Å². The molecule has 0 fully saturated rings. The van der Waals surface area contributed by atoms with Crippen molar-refractivity contribution < 1.29 is 4.42 Å². The number of aromatic nitrogens is 3. The van der Waals surface area contributed by atoms with Crippen molar-refractivity contribution in [2.75, 3.05) is 4.90 Å². The van der Waals surface area contributed by atoms with Crippen LogP contribution in [0, 0.1) is 0 Å². The van der Waals surface area contributed by atoms with Crippen LogP contribution in [0.2, 0.25) is 0 Å². The Labute approximate surface area is 332 Å². The smallest absolute Gasteiger partial charge is 0.164 e. The number of hydrogen-bond acceptors (Lipinski definition) is 6. The molecule has 5 nitrogen and oxygen atoms in total. The first-order valence-electron chi connectivity index (χ1n) is 18.9. The van der Waals surface area contributed by atoms with Gasteiger partial charge >= 0.3 is 0 Å². The molecular formula is C51H32N4OS. The minimum Gasteiger partial charge on any atom is -0.456 e. The van der Waals surface area contributed by atoms with E-state index in [4.69, 9.17) is 19.4 Å². The molecule has 11 aromatic rings. The Kier molecular flexibility index (Phi) is 7.93. The lowest BCUT2D eigenvalue weighted by Gasteiger charge is -2.26. The molecule has 0 saturated carbocycles. The summed E-state index contributed by atoms with van der Waals surface area (Å²) in [6.45, 7) is 0. The first-order valence-corrected chi connectivity index (χ1v) is 19.7. The highest BCUT2D eigenvalue weighted by Gasteiger charge is 2.20. The van der Waals surface area contributed by atoms with E-state index >= 15 is 0 Å². The summed E-state index contributed by atoms with van der Waals surface area (Å²) < 4.78 is 9.14. The van der Waals surface area contributed by atoms with Gasteiger partial charge in [0.1, 0.15) is 11.2 Å². The second-order valence-electron chi connectivity index (χ2n) is 14.0. The molecule has 0 radical (unpaired) electrons. The Morgan fingerprint density at radius 3 is 1.61 bits per heavy atom. The first kappa shape index (κ1) is 33.0. The molecular weight excluding hydrogens is 717 g/mol. The van der Waals surface area contributed by atoms with E-state index in [0.717, 1.165) is 66.8 Å². The molecule has 0 amide bonds. The van der Waals surface area contributed by atoms with Crippen LogP contribution < -0.4 is 4.90 Å². The minimum absolute atomic E-state index is 0.578. The van der Waals surface area contributed by atoms with E-state index in [9.17, 15) is 0 Å². The second-order valence-corrected chi connectivity index (χ2v) is 15.1. The first-order chi connectivity index (χ1) is 28.2. The number of furan rings is 1. The predicted octanol–water partition coefficient (Wildman–Crippen LogP) is 14.3. The minimum atomic E-state index is 0.578. The van der Waals surface area contributed by atoms with Crippen molar-refractivity contribution in [3.05, 3.63) is 194 Å². The molecule has 3 aromatic heterocycles. The highest BCUT2D eigenvalue weighted by Crippen LogP contribution is 2.43. The molecule has 268 valence electrons. The largest absolute Gasteiger partial charge is 0.456 e. The number of thiophene rings is 1. The molecule has 0 N–H and O–H groups in total. The molecule has 0 aliphatic heterocycles. The van der Waals surface area contributed by atoms with Gasteiger partial charge in [0.15, 0.2) is 17.5 Å². The average Bonchev–Trinajstić information content (AvgIpc) is 3.85. The molecule has 8 aromatic carbocycles. The molecule has 0 spiro atoms. The Morgan fingerprint density at radius 1 is 0.368 bits per heavy atom. The highest BCUT2D eigenvalue weighted by atomic mass is 32.1. The monoisotopic (exact) mass is 748 g/mol. The van der Waals surface area contributed by atoms with E-state index in [2.05, 4.69) is 126 Å². The van der Waals surface area contributed by atoms with Gasteiger partial charge in [-0.05, 0) is 77.9 Å². The zero-order chi connectivity index (χ0) is 37.7. The number of fused-ring (bicyclic) bond motifs is 6. The maximum Gasteiger partial charge on any atom is 0.164 e. The van der Waals surface area contributed by atoms with E-state index in [0.29, 0.717) is 17.5 Å². The number of hydrogen-bond donors (Lipinski definition) is 0. The fourth-order valence-electron chi connectivity index (χ4n) is 7.82. The molecule has 11 rings (SSSR count). The third-order valence-corrected chi connectivity index (χ3v) is 11.7. The summed E-state index contributed by atoms with van der Waals surface area (Å²) in [5.41, 5.74) is 9.66. The van der Waals surface area contributed by atoms with E-state index in [1.165, 1.54) is 20.2 Å². The molecule has 57 heavy (non-hydrogen) atoms. The SMILES string of the molecule is c1ccc(-c2nc(-c3ccccc3)nc(-c3cc(-c4ccc(N(c5ccccc5)c5ccc6sc7ccccc7c6c5)cc4)c4c(c3)oc3ccccc34)n2)cc1. The van der Waals surface area contributed by atoms with Gasteiger partial charge in [0, 0.05) is 64.7 Å². The molecule has 0 aliphatic rings. The van der Waals surface area contributed by atoms with Crippen molar-refractivity contribution in [2.45, 2.75) is 0 Å². The lowest BCUT2D eigenvalue weighted by atomic mass is 9.96. The number of rotatable bonds is 7. The van der Waals surface area contributed by atoms with Gasteiger partial charge in [-0.2, -0.15) is 0 Å². The second kappa shape index (κ2) is 13.7. The number of nitrogens with zero attached hydrogens (tertiary/aromatic N) is 4. The van der Waals surface area contributed by atoms with Crippen LogP contribution in [0.15, 0.2) is 199 Å². The molecule has 0 bridgehead atoms. The topological polar surface area (TPSA) is 55.1 Å². The van der Waals surface area contributed by atoms with Crippen LogP contribution in [-0.4, -0.2) is 15.0 Å². The molecule has 0 aliphatic carbocycles. The molecule has 3 heterocycles. The summed E-state index contributed by atoms with van der Waals surface area (Å²) >= 11 is 1.84. The van der Waals surface area contributed by atoms with Gasteiger partial charge in [0.2, 0.25) is 0 Å². The Morgan fingerprint density at radius 2 is 0.912 bits per heavy atom. The zero-order valence-corrected chi connectivity index (χ0v) is 31.4. The maximum atomic E-state index is 6.56. The quantitative estimate of drug-likeness (QED) is 0.162. The fourth-order valence-corrected chi connectivity index (χ4v) is 8.90. The van der Waals surface area contributed by atoms with Crippen molar-refractivity contribution in [3.63, 3.8) is 0 Å². The van der Waals surface area contributed by atoms with Crippen molar-refractivity contribution in [3.8, 4) is 45.3 Å². The van der Waals surface area contributed by atoms with Crippen LogP contribution in [0.1, 0.15) is 0 Å². The summed E-state index contributed by atoms with van der Waals surface area (Å²) in [5, 5.41) is 4.66. The molecule has 0 saturated heterocycles. The molecule has 6 heteroatoms. The van der Waals surface area contributed by atoms with E-state index in [1.807, 2.05) is 84.1 Å².